The van der Waals surface area contributed by atoms with Crippen LogP contribution in [0, 0.1) is 6.92 Å². The number of hydrogen-bond donors (Lipinski definition) is 0. The summed E-state index contributed by atoms with van der Waals surface area (Å²) in [6.07, 6.45) is 5.21. The Labute approximate surface area is 201 Å². The van der Waals surface area contributed by atoms with E-state index in [-0.39, 0.29) is 11.6 Å². The molecule has 0 atom stereocenters. The maximum Gasteiger partial charge on any atom is 0.262 e. The van der Waals surface area contributed by atoms with E-state index in [4.69, 9.17) is 14.5 Å². The van der Waals surface area contributed by atoms with Gasteiger partial charge in [0.1, 0.15) is 12.1 Å². The molecular formula is C25H27N5O3S. The maximum absolute atomic E-state index is 13.5. The van der Waals surface area contributed by atoms with Crippen molar-refractivity contribution in [3.63, 3.8) is 0 Å². The number of fused-ring (bicyclic) bond motifs is 2. The second-order valence-corrected chi connectivity index (χ2v) is 9.21. The zero-order valence-corrected chi connectivity index (χ0v) is 20.6. The largest absolute Gasteiger partial charge is 0.493 e. The first-order valence-electron chi connectivity index (χ1n) is 11.2. The average Bonchev–Trinajstić information content (AvgIpc) is 2.87. The highest BCUT2D eigenvalue weighted by Crippen LogP contribution is 2.36. The Morgan fingerprint density at radius 2 is 1.71 bits per heavy atom. The molecule has 1 saturated heterocycles. The summed E-state index contributed by atoms with van der Waals surface area (Å²) in [6.45, 7) is 3.55. The minimum atomic E-state index is 0.0424. The monoisotopic (exact) mass is 477 g/mol. The predicted molar refractivity (Wildman–Crippen MR) is 136 cm³/mol. The molecule has 2 aromatic heterocycles. The smallest absolute Gasteiger partial charge is 0.262 e. The fraction of sp³-hybridized carbons (Fsp3) is 0.360. The third kappa shape index (κ3) is 3.83. The van der Waals surface area contributed by atoms with Crippen molar-refractivity contribution >= 4 is 39.4 Å². The van der Waals surface area contributed by atoms with E-state index in [2.05, 4.69) is 14.9 Å². The molecule has 176 valence electrons. The fourth-order valence-electron chi connectivity index (χ4n) is 4.72. The van der Waals surface area contributed by atoms with Gasteiger partial charge in [0.15, 0.2) is 16.7 Å². The fourth-order valence-corrected chi connectivity index (χ4v) is 5.33. The molecule has 1 aliphatic rings. The van der Waals surface area contributed by atoms with Gasteiger partial charge in [-0.1, -0.05) is 23.4 Å². The van der Waals surface area contributed by atoms with Crippen LogP contribution in [0.4, 0.5) is 5.82 Å². The molecule has 5 rings (SSSR count). The lowest BCUT2D eigenvalue weighted by Crippen LogP contribution is -2.39. The molecule has 0 unspecified atom stereocenters. The van der Waals surface area contributed by atoms with Gasteiger partial charge in [0.2, 0.25) is 0 Å². The van der Waals surface area contributed by atoms with Gasteiger partial charge in [-0.2, -0.15) is 0 Å². The summed E-state index contributed by atoms with van der Waals surface area (Å²) in [5.41, 5.74) is 2.67. The molecule has 8 nitrogen and oxygen atoms in total. The Hall–Kier alpha value is -3.33. The number of aromatic nitrogens is 4. The van der Waals surface area contributed by atoms with Crippen molar-refractivity contribution in [2.24, 2.45) is 0 Å². The van der Waals surface area contributed by atoms with Gasteiger partial charge < -0.3 is 14.4 Å². The van der Waals surface area contributed by atoms with E-state index < -0.39 is 0 Å². The van der Waals surface area contributed by atoms with Crippen molar-refractivity contribution in [1.82, 2.24) is 19.5 Å². The molecule has 0 amide bonds. The summed E-state index contributed by atoms with van der Waals surface area (Å²) in [5, 5.41) is 2.37. The third-order valence-corrected chi connectivity index (χ3v) is 7.11. The Morgan fingerprint density at radius 3 is 2.41 bits per heavy atom. The lowest BCUT2D eigenvalue weighted by Gasteiger charge is -2.34. The number of hydrogen-bond acceptors (Lipinski definition) is 8. The lowest BCUT2D eigenvalue weighted by atomic mass is 10.0. The van der Waals surface area contributed by atoms with Crippen LogP contribution in [0.15, 0.2) is 46.6 Å². The SMILES string of the molecule is COc1cc2ncnc(N3CCC(n4c(SC)nc5ccc(C)cc5c4=O)CC3)c2cc1OC. The van der Waals surface area contributed by atoms with Gasteiger partial charge in [-0.05, 0) is 44.2 Å². The van der Waals surface area contributed by atoms with Crippen LogP contribution in [0.2, 0.25) is 0 Å². The summed E-state index contributed by atoms with van der Waals surface area (Å²) >= 11 is 1.52. The predicted octanol–water partition coefficient (Wildman–Crippen LogP) is 4.23. The number of piperidine rings is 1. The lowest BCUT2D eigenvalue weighted by molar-refractivity contribution is 0.355. The van der Waals surface area contributed by atoms with Crippen molar-refractivity contribution in [1.29, 1.82) is 0 Å². The Bertz CT molecular complexity index is 1430. The topological polar surface area (TPSA) is 82.4 Å². The molecule has 0 aliphatic carbocycles. The summed E-state index contributed by atoms with van der Waals surface area (Å²) < 4.78 is 12.8. The third-order valence-electron chi connectivity index (χ3n) is 6.45. The highest BCUT2D eigenvalue weighted by atomic mass is 32.2. The number of nitrogens with zero attached hydrogens (tertiary/aromatic N) is 5. The first-order chi connectivity index (χ1) is 16.5. The highest BCUT2D eigenvalue weighted by molar-refractivity contribution is 7.98. The number of thioether (sulfide) groups is 1. The van der Waals surface area contributed by atoms with Crippen molar-refractivity contribution in [3.05, 3.63) is 52.6 Å². The first-order valence-corrected chi connectivity index (χ1v) is 12.4. The quantitative estimate of drug-likeness (QED) is 0.312. The molecule has 0 N–H and O–H groups in total. The molecule has 1 fully saturated rings. The van der Waals surface area contributed by atoms with E-state index in [1.165, 1.54) is 11.8 Å². The van der Waals surface area contributed by atoms with Crippen LogP contribution in [-0.4, -0.2) is 53.1 Å². The standard InChI is InChI=1S/C25H27N5O3S/c1-15-5-6-19-18(11-15)24(31)30(25(28-19)34-4)16-7-9-29(10-8-16)23-17-12-21(32-2)22(33-3)13-20(17)26-14-27-23/h5-6,11-14,16H,7-10H2,1-4H3. The van der Waals surface area contributed by atoms with Gasteiger partial charge in [-0.15, -0.1) is 0 Å². The van der Waals surface area contributed by atoms with E-state index in [9.17, 15) is 4.79 Å². The Morgan fingerprint density at radius 1 is 0.971 bits per heavy atom. The van der Waals surface area contributed by atoms with Gasteiger partial charge in [0, 0.05) is 30.6 Å². The Kier molecular flexibility index (Phi) is 6.03. The highest BCUT2D eigenvalue weighted by Gasteiger charge is 2.26. The zero-order valence-electron chi connectivity index (χ0n) is 19.7. The van der Waals surface area contributed by atoms with Crippen LogP contribution in [0.5, 0.6) is 11.5 Å². The van der Waals surface area contributed by atoms with Crippen LogP contribution in [0.3, 0.4) is 0 Å². The molecule has 2 aromatic carbocycles. The van der Waals surface area contributed by atoms with Crippen LogP contribution in [0.1, 0.15) is 24.4 Å². The molecule has 9 heteroatoms. The number of rotatable bonds is 5. The van der Waals surface area contributed by atoms with E-state index in [0.717, 1.165) is 58.9 Å². The number of anilines is 1. The van der Waals surface area contributed by atoms with Crippen LogP contribution in [-0.2, 0) is 0 Å². The van der Waals surface area contributed by atoms with Crippen molar-refractivity contribution in [2.75, 3.05) is 38.5 Å². The molecule has 3 heterocycles. The summed E-state index contributed by atoms with van der Waals surface area (Å²) in [6, 6.07) is 9.77. The normalized spacial score (nSPS) is 14.6. The van der Waals surface area contributed by atoms with Crippen molar-refractivity contribution < 1.29 is 9.47 Å². The van der Waals surface area contributed by atoms with Crippen LogP contribution in [0.25, 0.3) is 21.8 Å². The van der Waals surface area contributed by atoms with Crippen LogP contribution >= 0.6 is 11.8 Å². The van der Waals surface area contributed by atoms with Gasteiger partial charge in [-0.25, -0.2) is 15.0 Å². The first kappa shape index (κ1) is 22.5. The minimum absolute atomic E-state index is 0.0424. The summed E-state index contributed by atoms with van der Waals surface area (Å²) in [5.74, 6) is 2.16. The molecular weight excluding hydrogens is 450 g/mol. The summed E-state index contributed by atoms with van der Waals surface area (Å²) in [7, 11) is 3.24. The van der Waals surface area contributed by atoms with E-state index in [1.54, 1.807) is 20.5 Å². The van der Waals surface area contributed by atoms with E-state index >= 15 is 0 Å². The van der Waals surface area contributed by atoms with Gasteiger partial charge >= 0.3 is 0 Å². The van der Waals surface area contributed by atoms with E-state index in [1.807, 2.05) is 48.1 Å². The summed E-state index contributed by atoms with van der Waals surface area (Å²) in [4.78, 5) is 29.5. The second kappa shape index (κ2) is 9.13. The molecule has 1 aliphatic heterocycles. The van der Waals surface area contributed by atoms with Crippen LogP contribution < -0.4 is 19.9 Å². The van der Waals surface area contributed by atoms with Gasteiger partial charge in [-0.3, -0.25) is 9.36 Å². The molecule has 0 saturated carbocycles. The molecule has 4 aromatic rings. The van der Waals surface area contributed by atoms with E-state index in [0.29, 0.717) is 16.9 Å². The number of ether oxygens (including phenoxy) is 2. The zero-order chi connectivity index (χ0) is 23.8. The molecule has 0 spiro atoms. The number of benzene rings is 2. The van der Waals surface area contributed by atoms with Gasteiger partial charge in [0.25, 0.3) is 5.56 Å². The van der Waals surface area contributed by atoms with Gasteiger partial charge in [0.05, 0.1) is 30.6 Å². The number of aryl methyl sites for hydroxylation is 1. The molecule has 34 heavy (non-hydrogen) atoms. The Balaban J connectivity index is 1.47. The maximum atomic E-state index is 13.5. The van der Waals surface area contributed by atoms with Crippen molar-refractivity contribution in [2.45, 2.75) is 31.0 Å². The number of methoxy groups -OCH3 is 2. The molecule has 0 bridgehead atoms. The molecule has 0 radical (unpaired) electrons. The average molecular weight is 478 g/mol. The second-order valence-electron chi connectivity index (χ2n) is 8.43. The minimum Gasteiger partial charge on any atom is -0.493 e. The van der Waals surface area contributed by atoms with Crippen molar-refractivity contribution in [3.8, 4) is 11.5 Å².